The number of hydrogen-bond donors (Lipinski definition) is 0. The van der Waals surface area contributed by atoms with Crippen LogP contribution < -0.4 is 4.74 Å². The van der Waals surface area contributed by atoms with Crippen LogP contribution in [0, 0.1) is 11.3 Å². The molecule has 0 N–H and O–H groups in total. The molecule has 4 heteroatoms. The van der Waals surface area contributed by atoms with Crippen molar-refractivity contribution >= 4 is 43.5 Å². The van der Waals surface area contributed by atoms with Crippen LogP contribution in [0.2, 0.25) is 0 Å². The zero-order chi connectivity index (χ0) is 15.2. The number of halogens is 2. The fraction of sp³-hybridized carbons (Fsp3) is 0.118. The maximum absolute atomic E-state index is 9.35. The topological polar surface area (TPSA) is 33.0 Å². The first-order valence-electron chi connectivity index (χ1n) is 6.44. The van der Waals surface area contributed by atoms with Crippen LogP contribution >= 0.6 is 31.9 Å². The highest BCUT2D eigenvalue weighted by Crippen LogP contribution is 2.35. The molecule has 2 aromatic rings. The molecule has 0 aliphatic rings. The van der Waals surface area contributed by atoms with Gasteiger partial charge in [-0.25, -0.2) is 0 Å². The highest BCUT2D eigenvalue weighted by molar-refractivity contribution is 9.11. The zero-order valence-electron chi connectivity index (χ0n) is 11.4. The van der Waals surface area contributed by atoms with Gasteiger partial charge in [0.2, 0.25) is 0 Å². The summed E-state index contributed by atoms with van der Waals surface area (Å²) < 4.78 is 7.27. The van der Waals surface area contributed by atoms with Crippen LogP contribution in [0.1, 0.15) is 18.1 Å². The lowest BCUT2D eigenvalue weighted by Crippen LogP contribution is -1.94. The second kappa shape index (κ2) is 7.44. The normalized spacial score (nSPS) is 11.0. The van der Waals surface area contributed by atoms with Crippen molar-refractivity contribution in [3.05, 3.63) is 62.5 Å². The molecule has 0 radical (unpaired) electrons. The van der Waals surface area contributed by atoms with Crippen LogP contribution in [0.25, 0.3) is 11.6 Å². The fourth-order valence-electron chi connectivity index (χ4n) is 1.91. The van der Waals surface area contributed by atoms with Crippen molar-refractivity contribution < 1.29 is 4.74 Å². The lowest BCUT2D eigenvalue weighted by atomic mass is 10.0. The minimum Gasteiger partial charge on any atom is -0.492 e. The second-order valence-electron chi connectivity index (χ2n) is 4.28. The van der Waals surface area contributed by atoms with Gasteiger partial charge in [-0.1, -0.05) is 30.3 Å². The van der Waals surface area contributed by atoms with Crippen molar-refractivity contribution in [3.8, 4) is 11.8 Å². The largest absolute Gasteiger partial charge is 0.492 e. The first-order chi connectivity index (χ1) is 10.2. The van der Waals surface area contributed by atoms with Crippen molar-refractivity contribution in [3.63, 3.8) is 0 Å². The Morgan fingerprint density at radius 2 is 1.81 bits per heavy atom. The number of nitrogens with zero attached hydrogens (tertiary/aromatic N) is 1. The van der Waals surface area contributed by atoms with Crippen molar-refractivity contribution in [2.45, 2.75) is 6.92 Å². The number of rotatable bonds is 4. The molecule has 0 saturated heterocycles. The van der Waals surface area contributed by atoms with Crippen LogP contribution in [-0.2, 0) is 0 Å². The molecule has 0 aromatic heterocycles. The van der Waals surface area contributed by atoms with Crippen molar-refractivity contribution in [2.24, 2.45) is 0 Å². The summed E-state index contributed by atoms with van der Waals surface area (Å²) in [7, 11) is 0. The van der Waals surface area contributed by atoms with E-state index in [1.54, 1.807) is 0 Å². The number of allylic oxidation sites excluding steroid dienone is 1. The Morgan fingerprint density at radius 3 is 2.33 bits per heavy atom. The third-order valence-electron chi connectivity index (χ3n) is 2.83. The molecule has 0 spiro atoms. The molecule has 0 fully saturated rings. The fourth-order valence-corrected chi connectivity index (χ4v) is 3.36. The van der Waals surface area contributed by atoms with E-state index in [4.69, 9.17) is 4.74 Å². The average molecular weight is 407 g/mol. The van der Waals surface area contributed by atoms with Crippen LogP contribution in [-0.4, -0.2) is 6.61 Å². The zero-order valence-corrected chi connectivity index (χ0v) is 14.6. The summed E-state index contributed by atoms with van der Waals surface area (Å²) in [5, 5.41) is 9.35. The minimum absolute atomic E-state index is 0.597. The lowest BCUT2D eigenvalue weighted by molar-refractivity contribution is 0.336. The van der Waals surface area contributed by atoms with E-state index in [1.807, 2.05) is 55.5 Å². The molecule has 106 valence electrons. The summed E-state index contributed by atoms with van der Waals surface area (Å²) in [5.41, 5.74) is 2.46. The summed E-state index contributed by atoms with van der Waals surface area (Å²) in [6, 6.07) is 15.7. The average Bonchev–Trinajstić information content (AvgIpc) is 2.49. The first kappa shape index (κ1) is 15.8. The van der Waals surface area contributed by atoms with E-state index < -0.39 is 0 Å². The quantitative estimate of drug-likeness (QED) is 0.483. The van der Waals surface area contributed by atoms with Crippen LogP contribution in [0.4, 0.5) is 0 Å². The number of ether oxygens (including phenoxy) is 1. The van der Waals surface area contributed by atoms with E-state index in [1.165, 1.54) is 0 Å². The molecule has 2 aromatic carbocycles. The summed E-state index contributed by atoms with van der Waals surface area (Å²) in [5.74, 6) is 0.771. The number of benzene rings is 2. The maximum atomic E-state index is 9.35. The molecule has 0 unspecified atom stereocenters. The molecular weight excluding hydrogens is 394 g/mol. The molecule has 0 bridgehead atoms. The molecule has 21 heavy (non-hydrogen) atoms. The Bertz CT molecular complexity index is 679. The second-order valence-corrected chi connectivity index (χ2v) is 5.99. The summed E-state index contributed by atoms with van der Waals surface area (Å²) in [6.45, 7) is 2.54. The van der Waals surface area contributed by atoms with E-state index in [0.29, 0.717) is 12.2 Å². The number of nitriles is 1. The Labute approximate surface area is 141 Å². The van der Waals surface area contributed by atoms with Crippen LogP contribution in [0.5, 0.6) is 5.75 Å². The summed E-state index contributed by atoms with van der Waals surface area (Å²) in [4.78, 5) is 0. The molecule has 2 nitrogen and oxygen atoms in total. The van der Waals surface area contributed by atoms with E-state index in [-0.39, 0.29) is 0 Å². The van der Waals surface area contributed by atoms with Gasteiger partial charge in [0.25, 0.3) is 0 Å². The van der Waals surface area contributed by atoms with Gasteiger partial charge in [0.1, 0.15) is 5.75 Å². The Kier molecular flexibility index (Phi) is 5.60. The van der Waals surface area contributed by atoms with Crippen LogP contribution in [0.3, 0.4) is 0 Å². The van der Waals surface area contributed by atoms with Gasteiger partial charge in [-0.3, -0.25) is 0 Å². The molecule has 0 aliphatic carbocycles. The Morgan fingerprint density at radius 1 is 1.19 bits per heavy atom. The van der Waals surface area contributed by atoms with Crippen LogP contribution in [0.15, 0.2) is 51.4 Å². The standard InChI is InChI=1S/C17H13Br2NO/c1-2-21-17-15(18)9-12(10-16(17)19)8-14(11-20)13-6-4-3-5-7-13/h3-10H,2H2,1H3/b14-8+. The third kappa shape index (κ3) is 3.96. The van der Waals surface area contributed by atoms with E-state index in [2.05, 4.69) is 37.9 Å². The molecule has 0 atom stereocenters. The van der Waals surface area contributed by atoms with Gasteiger partial charge in [0.15, 0.2) is 0 Å². The lowest BCUT2D eigenvalue weighted by Gasteiger charge is -2.09. The predicted molar refractivity (Wildman–Crippen MR) is 92.9 cm³/mol. The van der Waals surface area contributed by atoms with Crippen molar-refractivity contribution in [1.82, 2.24) is 0 Å². The van der Waals surface area contributed by atoms with Gasteiger partial charge in [-0.2, -0.15) is 5.26 Å². The highest BCUT2D eigenvalue weighted by atomic mass is 79.9. The van der Waals surface area contributed by atoms with Crippen molar-refractivity contribution in [1.29, 1.82) is 5.26 Å². The number of hydrogen-bond acceptors (Lipinski definition) is 2. The molecule has 0 amide bonds. The van der Waals surface area contributed by atoms with Gasteiger partial charge in [0.05, 0.1) is 27.2 Å². The monoisotopic (exact) mass is 405 g/mol. The van der Waals surface area contributed by atoms with E-state index in [0.717, 1.165) is 25.8 Å². The van der Waals surface area contributed by atoms with Crippen molar-refractivity contribution in [2.75, 3.05) is 6.61 Å². The smallest absolute Gasteiger partial charge is 0.147 e. The summed E-state index contributed by atoms with van der Waals surface area (Å²) >= 11 is 7.00. The maximum Gasteiger partial charge on any atom is 0.147 e. The van der Waals surface area contributed by atoms with Gasteiger partial charge < -0.3 is 4.74 Å². The van der Waals surface area contributed by atoms with Gasteiger partial charge in [-0.05, 0) is 68.1 Å². The summed E-state index contributed by atoms with van der Waals surface area (Å²) in [6.07, 6.45) is 1.86. The molecule has 0 saturated carbocycles. The van der Waals surface area contributed by atoms with Gasteiger partial charge in [-0.15, -0.1) is 0 Å². The molecular formula is C17H13Br2NO. The van der Waals surface area contributed by atoms with Gasteiger partial charge in [0, 0.05) is 0 Å². The molecule has 0 heterocycles. The first-order valence-corrected chi connectivity index (χ1v) is 8.03. The van der Waals surface area contributed by atoms with E-state index in [9.17, 15) is 5.26 Å². The SMILES string of the molecule is CCOc1c(Br)cc(/C=C(\C#N)c2ccccc2)cc1Br. The molecule has 2 rings (SSSR count). The minimum atomic E-state index is 0.597. The predicted octanol–water partition coefficient (Wildman–Crippen LogP) is 5.67. The Hall–Kier alpha value is -1.57. The Balaban J connectivity index is 2.43. The van der Waals surface area contributed by atoms with E-state index >= 15 is 0 Å². The highest BCUT2D eigenvalue weighted by Gasteiger charge is 2.08. The van der Waals surface area contributed by atoms with Gasteiger partial charge >= 0.3 is 0 Å². The molecule has 0 aliphatic heterocycles. The third-order valence-corrected chi connectivity index (χ3v) is 4.00.